The van der Waals surface area contributed by atoms with Gasteiger partial charge in [0.15, 0.2) is 0 Å². The Morgan fingerprint density at radius 3 is 2.15 bits per heavy atom. The second-order valence-corrected chi connectivity index (χ2v) is 4.74. The van der Waals surface area contributed by atoms with Crippen LogP contribution in [0.2, 0.25) is 0 Å². The van der Waals surface area contributed by atoms with Crippen molar-refractivity contribution in [2.45, 2.75) is 39.5 Å². The Morgan fingerprint density at radius 1 is 1.10 bits per heavy atom. The summed E-state index contributed by atoms with van der Waals surface area (Å²) < 4.78 is 5.36. The fourth-order valence-electron chi connectivity index (χ4n) is 2.04. The number of amidine groups is 1. The Balaban J connectivity index is 0.00000361. The van der Waals surface area contributed by atoms with Crippen molar-refractivity contribution in [1.82, 2.24) is 4.90 Å². The molecule has 0 saturated carbocycles. The smallest absolute Gasteiger partial charge is 0.131 e. The highest BCUT2D eigenvalue weighted by Crippen LogP contribution is 2.19. The van der Waals surface area contributed by atoms with E-state index in [0.29, 0.717) is 5.84 Å². The third-order valence-electron chi connectivity index (χ3n) is 3.24. The lowest BCUT2D eigenvalue weighted by atomic mass is 10.1. The minimum atomic E-state index is 0. The number of para-hydroxylation sites is 1. The van der Waals surface area contributed by atoms with Crippen LogP contribution in [0.3, 0.4) is 0 Å². The van der Waals surface area contributed by atoms with E-state index in [-0.39, 0.29) is 12.4 Å². The summed E-state index contributed by atoms with van der Waals surface area (Å²) in [4.78, 5) is 2.17. The largest absolute Gasteiger partial charge is 0.496 e. The minimum absolute atomic E-state index is 0. The molecule has 0 aromatic heterocycles. The van der Waals surface area contributed by atoms with Crippen LogP contribution in [0.4, 0.5) is 0 Å². The van der Waals surface area contributed by atoms with Gasteiger partial charge in [0.1, 0.15) is 11.6 Å². The molecule has 1 rings (SSSR count). The van der Waals surface area contributed by atoms with Crippen LogP contribution in [0.5, 0.6) is 5.75 Å². The first-order valence-corrected chi connectivity index (χ1v) is 7.21. The fourth-order valence-corrected chi connectivity index (χ4v) is 2.04. The lowest BCUT2D eigenvalue weighted by molar-refractivity contribution is 0.389. The standard InChI is InChI=1S/C16H26N2O.ClH/c1-4-6-12-18(13-7-5-2)16(17)14-10-8-9-11-15(14)19-3;/h8-11,17H,4-7,12-13H2,1-3H3;1H. The molecular weight excluding hydrogens is 272 g/mol. The zero-order valence-corrected chi connectivity index (χ0v) is 13.6. The molecule has 0 aliphatic carbocycles. The zero-order valence-electron chi connectivity index (χ0n) is 12.8. The third kappa shape index (κ3) is 5.41. The Labute approximate surface area is 129 Å². The molecule has 114 valence electrons. The number of halogens is 1. The fraction of sp³-hybridized carbons (Fsp3) is 0.562. The maximum atomic E-state index is 8.43. The van der Waals surface area contributed by atoms with Gasteiger partial charge in [0.05, 0.1) is 12.7 Å². The highest BCUT2D eigenvalue weighted by atomic mass is 35.5. The van der Waals surface area contributed by atoms with Crippen molar-refractivity contribution in [3.63, 3.8) is 0 Å². The Kier molecular flexibility index (Phi) is 9.91. The van der Waals surface area contributed by atoms with Crippen LogP contribution < -0.4 is 4.74 Å². The lowest BCUT2D eigenvalue weighted by Crippen LogP contribution is -2.33. The maximum Gasteiger partial charge on any atom is 0.131 e. The number of ether oxygens (including phenoxy) is 1. The van der Waals surface area contributed by atoms with Gasteiger partial charge >= 0.3 is 0 Å². The summed E-state index contributed by atoms with van der Waals surface area (Å²) in [6, 6.07) is 7.79. The molecule has 1 N–H and O–H groups in total. The highest BCUT2D eigenvalue weighted by Gasteiger charge is 2.14. The summed E-state index contributed by atoms with van der Waals surface area (Å²) in [5.74, 6) is 1.37. The molecule has 1 aromatic carbocycles. The lowest BCUT2D eigenvalue weighted by Gasteiger charge is -2.26. The van der Waals surface area contributed by atoms with Crippen molar-refractivity contribution in [3.8, 4) is 5.75 Å². The van der Waals surface area contributed by atoms with E-state index >= 15 is 0 Å². The van der Waals surface area contributed by atoms with Crippen LogP contribution in [-0.4, -0.2) is 30.9 Å². The Hall–Kier alpha value is -1.22. The van der Waals surface area contributed by atoms with Gasteiger partial charge in [0.2, 0.25) is 0 Å². The van der Waals surface area contributed by atoms with Gasteiger partial charge in [-0.1, -0.05) is 38.8 Å². The normalized spacial score (nSPS) is 9.75. The number of hydrogen-bond donors (Lipinski definition) is 1. The minimum Gasteiger partial charge on any atom is -0.496 e. The molecule has 1 aromatic rings. The van der Waals surface area contributed by atoms with Gasteiger partial charge in [0.25, 0.3) is 0 Å². The first-order valence-electron chi connectivity index (χ1n) is 7.21. The molecule has 0 amide bonds. The summed E-state index contributed by atoms with van der Waals surface area (Å²) in [6.07, 6.45) is 4.56. The maximum absolute atomic E-state index is 8.43. The van der Waals surface area contributed by atoms with Gasteiger partial charge in [-0.25, -0.2) is 0 Å². The number of rotatable bonds is 8. The molecule has 4 heteroatoms. The molecule has 0 aliphatic rings. The van der Waals surface area contributed by atoms with Crippen molar-refractivity contribution in [3.05, 3.63) is 29.8 Å². The molecule has 0 radical (unpaired) electrons. The molecule has 0 bridgehead atoms. The number of nitrogens with zero attached hydrogens (tertiary/aromatic N) is 1. The van der Waals surface area contributed by atoms with E-state index in [2.05, 4.69) is 18.7 Å². The molecule has 3 nitrogen and oxygen atoms in total. The van der Waals surface area contributed by atoms with Gasteiger partial charge in [-0.05, 0) is 25.0 Å². The van der Waals surface area contributed by atoms with Crippen LogP contribution in [-0.2, 0) is 0 Å². The second-order valence-electron chi connectivity index (χ2n) is 4.74. The van der Waals surface area contributed by atoms with Crippen LogP contribution in [0.1, 0.15) is 45.1 Å². The first kappa shape index (κ1) is 18.8. The van der Waals surface area contributed by atoms with E-state index in [9.17, 15) is 0 Å². The number of methoxy groups -OCH3 is 1. The van der Waals surface area contributed by atoms with E-state index in [1.165, 1.54) is 0 Å². The average Bonchev–Trinajstić information content (AvgIpc) is 2.46. The molecular formula is C16H27ClN2O. The third-order valence-corrected chi connectivity index (χ3v) is 3.24. The highest BCUT2D eigenvalue weighted by molar-refractivity contribution is 5.98. The van der Waals surface area contributed by atoms with Crippen molar-refractivity contribution in [2.75, 3.05) is 20.2 Å². The van der Waals surface area contributed by atoms with Gasteiger partial charge in [0, 0.05) is 13.1 Å². The molecule has 20 heavy (non-hydrogen) atoms. The van der Waals surface area contributed by atoms with Crippen molar-refractivity contribution >= 4 is 18.2 Å². The van der Waals surface area contributed by atoms with Gasteiger partial charge < -0.3 is 9.64 Å². The van der Waals surface area contributed by atoms with Crippen molar-refractivity contribution < 1.29 is 4.74 Å². The van der Waals surface area contributed by atoms with Crippen LogP contribution in [0, 0.1) is 5.41 Å². The molecule has 0 saturated heterocycles. The van der Waals surface area contributed by atoms with Crippen molar-refractivity contribution in [2.24, 2.45) is 0 Å². The summed E-state index contributed by atoms with van der Waals surface area (Å²) in [5, 5.41) is 8.43. The van der Waals surface area contributed by atoms with Gasteiger partial charge in [-0.2, -0.15) is 0 Å². The Morgan fingerprint density at radius 2 is 1.65 bits per heavy atom. The zero-order chi connectivity index (χ0) is 14.1. The average molecular weight is 299 g/mol. The number of hydrogen-bond acceptors (Lipinski definition) is 2. The van der Waals surface area contributed by atoms with Crippen LogP contribution in [0.25, 0.3) is 0 Å². The Bertz CT molecular complexity index is 388. The molecule has 0 atom stereocenters. The van der Waals surface area contributed by atoms with E-state index in [1.54, 1.807) is 7.11 Å². The quantitative estimate of drug-likeness (QED) is 0.572. The number of unbranched alkanes of at least 4 members (excludes halogenated alkanes) is 2. The van der Waals surface area contributed by atoms with Crippen molar-refractivity contribution in [1.29, 1.82) is 5.41 Å². The van der Waals surface area contributed by atoms with Crippen LogP contribution >= 0.6 is 12.4 Å². The monoisotopic (exact) mass is 298 g/mol. The van der Waals surface area contributed by atoms with E-state index in [0.717, 1.165) is 50.1 Å². The summed E-state index contributed by atoms with van der Waals surface area (Å²) in [5.41, 5.74) is 0.886. The van der Waals surface area contributed by atoms with E-state index < -0.39 is 0 Å². The first-order chi connectivity index (χ1) is 9.24. The van der Waals surface area contributed by atoms with Crippen LogP contribution in [0.15, 0.2) is 24.3 Å². The summed E-state index contributed by atoms with van der Waals surface area (Å²) in [7, 11) is 1.66. The molecule has 0 fully saturated rings. The second kappa shape index (κ2) is 10.6. The molecule has 0 unspecified atom stereocenters. The molecule has 0 aliphatic heterocycles. The number of benzene rings is 1. The predicted octanol–water partition coefficient (Wildman–Crippen LogP) is 4.34. The van der Waals surface area contributed by atoms with E-state index in [4.69, 9.17) is 10.1 Å². The molecule has 0 spiro atoms. The van der Waals surface area contributed by atoms with Gasteiger partial charge in [-0.15, -0.1) is 12.4 Å². The van der Waals surface area contributed by atoms with Gasteiger partial charge in [-0.3, -0.25) is 5.41 Å². The summed E-state index contributed by atoms with van der Waals surface area (Å²) >= 11 is 0. The van der Waals surface area contributed by atoms with E-state index in [1.807, 2.05) is 24.3 Å². The number of nitrogens with one attached hydrogen (secondary N) is 1. The predicted molar refractivity (Wildman–Crippen MR) is 88.5 cm³/mol. The topological polar surface area (TPSA) is 36.3 Å². The molecule has 0 heterocycles. The SMILES string of the molecule is CCCCN(CCCC)C(=N)c1ccccc1OC.Cl. The summed E-state index contributed by atoms with van der Waals surface area (Å²) in [6.45, 7) is 6.27.